The van der Waals surface area contributed by atoms with Gasteiger partial charge in [-0.25, -0.2) is 9.18 Å². The topological polar surface area (TPSA) is 80.1 Å². The fraction of sp³-hybridized carbons (Fsp3) is 0. The molecule has 4 aromatic rings. The molecule has 0 radical (unpaired) electrons. The molecule has 2 aromatic carbocycles. The largest absolute Gasteiger partial charge is 0.348 e. The fourth-order valence-corrected chi connectivity index (χ4v) is 2.96. The molecule has 4 rings (SSSR count). The van der Waals surface area contributed by atoms with Gasteiger partial charge in [0.05, 0.1) is 5.52 Å². The summed E-state index contributed by atoms with van der Waals surface area (Å²) in [6, 6.07) is 10.7. The van der Waals surface area contributed by atoms with Crippen LogP contribution in [0.4, 0.5) is 4.39 Å². The van der Waals surface area contributed by atoms with Crippen molar-refractivity contribution in [3.05, 3.63) is 72.7 Å². The normalized spacial score (nSPS) is 11.2. The number of H-pyrrole nitrogens is 1. The number of aromatic nitrogens is 4. The van der Waals surface area contributed by atoms with Gasteiger partial charge in [0.2, 0.25) is 0 Å². The molecular weight excluding hydrogens is 426 g/mol. The first-order chi connectivity index (χ1) is 11.5. The van der Waals surface area contributed by atoms with Gasteiger partial charge in [-0.1, -0.05) is 0 Å². The Morgan fingerprint density at radius 1 is 1.08 bits per heavy atom. The summed E-state index contributed by atoms with van der Waals surface area (Å²) in [6.45, 7) is 0. The van der Waals surface area contributed by atoms with Crippen molar-refractivity contribution in [1.29, 1.82) is 0 Å². The molecule has 0 atom stereocenters. The van der Waals surface area contributed by atoms with E-state index in [-0.39, 0.29) is 11.3 Å². The average Bonchev–Trinajstić information content (AvgIpc) is 2.56. The fourth-order valence-electron chi connectivity index (χ4n) is 2.47. The molecule has 118 valence electrons. The summed E-state index contributed by atoms with van der Waals surface area (Å²) < 4.78 is 15.0. The molecule has 0 bridgehead atoms. The molecule has 0 aliphatic rings. The van der Waals surface area contributed by atoms with E-state index in [1.165, 1.54) is 24.3 Å². The average molecular weight is 434 g/mol. The van der Waals surface area contributed by atoms with Gasteiger partial charge in [0.25, 0.3) is 5.56 Å². The Bertz CT molecular complexity index is 1220. The Hall–Kier alpha value is -2.62. The van der Waals surface area contributed by atoms with E-state index in [2.05, 4.69) is 37.7 Å². The van der Waals surface area contributed by atoms with E-state index in [1.54, 1.807) is 6.07 Å². The van der Waals surface area contributed by atoms with Crippen molar-refractivity contribution in [2.24, 2.45) is 0 Å². The number of rotatable bonds is 1. The van der Waals surface area contributed by atoms with Crippen molar-refractivity contribution in [1.82, 2.24) is 19.6 Å². The van der Waals surface area contributed by atoms with Gasteiger partial charge >= 0.3 is 5.69 Å². The minimum absolute atomic E-state index is 0.0111. The van der Waals surface area contributed by atoms with Gasteiger partial charge in [-0.2, -0.15) is 14.6 Å². The van der Waals surface area contributed by atoms with Crippen LogP contribution in [-0.4, -0.2) is 19.6 Å². The smallest absolute Gasteiger partial charge is 0.305 e. The summed E-state index contributed by atoms with van der Waals surface area (Å²) in [4.78, 5) is 31.4. The Balaban J connectivity index is 2.10. The lowest BCUT2D eigenvalue weighted by Crippen LogP contribution is -2.26. The quantitative estimate of drug-likeness (QED) is 0.369. The van der Waals surface area contributed by atoms with Crippen LogP contribution in [0, 0.1) is 9.39 Å². The van der Waals surface area contributed by atoms with Crippen LogP contribution in [0.1, 0.15) is 0 Å². The van der Waals surface area contributed by atoms with Crippen LogP contribution < -0.4 is 11.2 Å². The molecule has 0 aliphatic heterocycles. The van der Waals surface area contributed by atoms with Crippen molar-refractivity contribution in [2.75, 3.05) is 0 Å². The summed E-state index contributed by atoms with van der Waals surface area (Å²) in [5, 5.41) is 4.75. The van der Waals surface area contributed by atoms with Gasteiger partial charge in [-0.15, -0.1) is 0 Å². The molecule has 0 fully saturated rings. The summed E-state index contributed by atoms with van der Waals surface area (Å²) in [5.74, 6) is -0.425. The molecule has 0 spiro atoms. The molecule has 0 unspecified atom stereocenters. The zero-order chi connectivity index (χ0) is 16.8. The molecule has 8 heteroatoms. The summed E-state index contributed by atoms with van der Waals surface area (Å²) >= 11 is 2.13. The first-order valence-electron chi connectivity index (χ1n) is 6.91. The molecule has 0 saturated heterocycles. The minimum atomic E-state index is -0.577. The SMILES string of the molecule is O=c1nc2c3cc(I)ccc3[nH]c(=O)n2nc1-c1ccc(F)cc1. The molecule has 24 heavy (non-hydrogen) atoms. The van der Waals surface area contributed by atoms with Crippen molar-refractivity contribution in [2.45, 2.75) is 0 Å². The highest BCUT2D eigenvalue weighted by Gasteiger charge is 2.13. The predicted octanol–water partition coefficient (Wildman–Crippen LogP) is 2.34. The second-order valence-electron chi connectivity index (χ2n) is 5.13. The molecule has 0 aliphatic carbocycles. The zero-order valence-corrected chi connectivity index (χ0v) is 14.1. The highest BCUT2D eigenvalue weighted by Crippen LogP contribution is 2.18. The summed E-state index contributed by atoms with van der Waals surface area (Å²) in [6.07, 6.45) is 0. The molecule has 0 saturated carbocycles. The van der Waals surface area contributed by atoms with Crippen LogP contribution in [0.5, 0.6) is 0 Å². The lowest BCUT2D eigenvalue weighted by molar-refractivity contribution is 0.628. The van der Waals surface area contributed by atoms with E-state index in [4.69, 9.17) is 0 Å². The summed E-state index contributed by atoms with van der Waals surface area (Å²) in [7, 11) is 0. The third-order valence-electron chi connectivity index (χ3n) is 3.58. The minimum Gasteiger partial charge on any atom is -0.305 e. The van der Waals surface area contributed by atoms with Gasteiger partial charge in [0, 0.05) is 14.5 Å². The second kappa shape index (κ2) is 5.48. The first-order valence-corrected chi connectivity index (χ1v) is 7.99. The molecular formula is C16H8FIN4O2. The second-order valence-corrected chi connectivity index (χ2v) is 6.37. The van der Waals surface area contributed by atoms with Crippen LogP contribution >= 0.6 is 22.6 Å². The number of nitrogens with one attached hydrogen (secondary N) is 1. The number of hydrogen-bond acceptors (Lipinski definition) is 4. The number of benzene rings is 2. The van der Waals surface area contributed by atoms with Crippen molar-refractivity contribution in [3.63, 3.8) is 0 Å². The molecule has 2 aromatic heterocycles. The molecule has 6 nitrogen and oxygen atoms in total. The number of hydrogen-bond donors (Lipinski definition) is 1. The van der Waals surface area contributed by atoms with Gasteiger partial charge in [-0.3, -0.25) is 4.79 Å². The number of fused-ring (bicyclic) bond motifs is 3. The van der Waals surface area contributed by atoms with Crippen LogP contribution in [0.25, 0.3) is 27.8 Å². The lowest BCUT2D eigenvalue weighted by Gasteiger charge is -2.06. The zero-order valence-electron chi connectivity index (χ0n) is 12.0. The summed E-state index contributed by atoms with van der Waals surface area (Å²) in [5.41, 5.74) is 0.0575. The maximum absolute atomic E-state index is 13.1. The van der Waals surface area contributed by atoms with Crippen LogP contribution in [0.3, 0.4) is 0 Å². The van der Waals surface area contributed by atoms with Gasteiger partial charge in [0.15, 0.2) is 11.3 Å². The Morgan fingerprint density at radius 3 is 2.58 bits per heavy atom. The van der Waals surface area contributed by atoms with Crippen LogP contribution in [0.15, 0.2) is 52.1 Å². The third-order valence-corrected chi connectivity index (χ3v) is 4.26. The van der Waals surface area contributed by atoms with Crippen LogP contribution in [0.2, 0.25) is 0 Å². The molecule has 1 N–H and O–H groups in total. The van der Waals surface area contributed by atoms with E-state index in [0.29, 0.717) is 16.5 Å². The highest BCUT2D eigenvalue weighted by molar-refractivity contribution is 14.1. The standard InChI is InChI=1S/C16H8FIN4O2/c17-9-3-1-8(2-4-9)13-15(23)20-14-11-7-10(18)5-6-12(11)19-16(24)22(14)21-13/h1-7H,(H,19,24). The van der Waals surface area contributed by atoms with E-state index in [1.807, 2.05) is 12.1 Å². The van der Waals surface area contributed by atoms with Crippen LogP contribution in [-0.2, 0) is 0 Å². The maximum atomic E-state index is 13.1. The Labute approximate surface area is 147 Å². The van der Waals surface area contributed by atoms with E-state index < -0.39 is 17.1 Å². The third kappa shape index (κ3) is 2.39. The van der Waals surface area contributed by atoms with E-state index >= 15 is 0 Å². The van der Waals surface area contributed by atoms with Crippen molar-refractivity contribution >= 4 is 39.1 Å². The number of nitrogens with zero attached hydrogens (tertiary/aromatic N) is 3. The van der Waals surface area contributed by atoms with Gasteiger partial charge in [-0.05, 0) is 65.1 Å². The Kier molecular flexibility index (Phi) is 3.41. The van der Waals surface area contributed by atoms with Gasteiger partial charge in [0.1, 0.15) is 5.82 Å². The van der Waals surface area contributed by atoms with Crippen molar-refractivity contribution in [3.8, 4) is 11.3 Å². The lowest BCUT2D eigenvalue weighted by atomic mass is 10.1. The molecule has 0 amide bonds. The predicted molar refractivity (Wildman–Crippen MR) is 95.5 cm³/mol. The maximum Gasteiger partial charge on any atom is 0.348 e. The van der Waals surface area contributed by atoms with E-state index in [0.717, 1.165) is 8.09 Å². The number of aromatic amines is 1. The monoisotopic (exact) mass is 434 g/mol. The Morgan fingerprint density at radius 2 is 1.83 bits per heavy atom. The van der Waals surface area contributed by atoms with Crippen molar-refractivity contribution < 1.29 is 4.39 Å². The molecule has 2 heterocycles. The first kappa shape index (κ1) is 14.9. The highest BCUT2D eigenvalue weighted by atomic mass is 127. The van der Waals surface area contributed by atoms with Gasteiger partial charge < -0.3 is 4.98 Å². The number of halogens is 2. The van der Waals surface area contributed by atoms with E-state index in [9.17, 15) is 14.0 Å².